The van der Waals surface area contributed by atoms with E-state index in [0.717, 1.165) is 15.9 Å². The first-order valence-electron chi connectivity index (χ1n) is 7.90. The van der Waals surface area contributed by atoms with Crippen LogP contribution in [0.25, 0.3) is 0 Å². The van der Waals surface area contributed by atoms with Crippen LogP contribution in [0.4, 0.5) is 0 Å². The van der Waals surface area contributed by atoms with Crippen molar-refractivity contribution < 1.29 is 27.5 Å². The highest BCUT2D eigenvalue weighted by Gasteiger charge is 2.23. The molecular formula is C18H22BrNO6S. The Morgan fingerprint density at radius 2 is 1.74 bits per heavy atom. The Hall–Kier alpha value is -1.97. The maximum atomic E-state index is 12.9. The van der Waals surface area contributed by atoms with Crippen molar-refractivity contribution in [1.29, 1.82) is 0 Å². The molecule has 27 heavy (non-hydrogen) atoms. The van der Waals surface area contributed by atoms with Crippen molar-refractivity contribution in [2.24, 2.45) is 0 Å². The van der Waals surface area contributed by atoms with Gasteiger partial charge in [-0.15, -0.1) is 0 Å². The van der Waals surface area contributed by atoms with Gasteiger partial charge in [0.15, 0.2) is 0 Å². The van der Waals surface area contributed by atoms with Gasteiger partial charge in [0, 0.05) is 30.1 Å². The van der Waals surface area contributed by atoms with Crippen LogP contribution in [0.2, 0.25) is 0 Å². The fourth-order valence-corrected chi connectivity index (χ4v) is 3.79. The Labute approximate surface area is 167 Å². The van der Waals surface area contributed by atoms with E-state index in [2.05, 4.69) is 25.4 Å². The Balaban J connectivity index is 3.18. The first-order valence-corrected chi connectivity index (χ1v) is 10.5. The number of carbonyl (C=O) groups is 2. The van der Waals surface area contributed by atoms with E-state index in [9.17, 15) is 18.0 Å². The Morgan fingerprint density at radius 1 is 1.11 bits per heavy atom. The minimum absolute atomic E-state index is 0.0709. The second-order valence-corrected chi connectivity index (χ2v) is 7.91. The van der Waals surface area contributed by atoms with Gasteiger partial charge in [0.2, 0.25) is 10.0 Å². The van der Waals surface area contributed by atoms with Crippen molar-refractivity contribution in [1.82, 2.24) is 4.31 Å². The highest BCUT2D eigenvalue weighted by Crippen LogP contribution is 2.17. The lowest BCUT2D eigenvalue weighted by Crippen LogP contribution is -2.32. The molecule has 1 rings (SSSR count). The standard InChI is InChI=1S/C18H22BrNO6S/c1-14-6-8-16(9-7-14)27(23,24)20(11-4-5-17(21)25-2)12-10-15(13-19)18(22)26-3/h4-10H,11-13H2,1-3H3/b5-4+,15-10+. The SMILES string of the molecule is COC(=O)/C=C/CN(C/C=C(\CBr)C(=O)OC)S(=O)(=O)c1ccc(C)cc1. The molecule has 0 aliphatic heterocycles. The summed E-state index contributed by atoms with van der Waals surface area (Å²) in [5.41, 5.74) is 1.22. The molecule has 9 heteroatoms. The number of hydrogen-bond acceptors (Lipinski definition) is 6. The van der Waals surface area contributed by atoms with Gasteiger partial charge >= 0.3 is 11.9 Å². The third-order valence-corrected chi connectivity index (χ3v) is 6.01. The lowest BCUT2D eigenvalue weighted by atomic mass is 10.2. The van der Waals surface area contributed by atoms with Crippen LogP contribution in [0.3, 0.4) is 0 Å². The van der Waals surface area contributed by atoms with E-state index in [0.29, 0.717) is 5.57 Å². The quantitative estimate of drug-likeness (QED) is 0.319. The summed E-state index contributed by atoms with van der Waals surface area (Å²) < 4.78 is 36.2. The Bertz CT molecular complexity index is 815. The molecule has 148 valence electrons. The summed E-state index contributed by atoms with van der Waals surface area (Å²) in [6, 6.07) is 6.42. The summed E-state index contributed by atoms with van der Waals surface area (Å²) in [6.45, 7) is 1.71. The van der Waals surface area contributed by atoms with Gasteiger partial charge in [0.1, 0.15) is 0 Å². The number of carbonyl (C=O) groups excluding carboxylic acids is 2. The van der Waals surface area contributed by atoms with E-state index in [4.69, 9.17) is 0 Å². The van der Waals surface area contributed by atoms with Crippen LogP contribution in [0, 0.1) is 6.92 Å². The molecule has 0 saturated heterocycles. The number of rotatable bonds is 9. The van der Waals surface area contributed by atoms with E-state index in [1.54, 1.807) is 12.1 Å². The van der Waals surface area contributed by atoms with Crippen LogP contribution < -0.4 is 0 Å². The second-order valence-electron chi connectivity index (χ2n) is 5.42. The Kier molecular flexibility index (Phi) is 9.40. The van der Waals surface area contributed by atoms with Crippen LogP contribution in [0.15, 0.2) is 53.0 Å². The molecule has 0 amide bonds. The number of benzene rings is 1. The molecule has 1 aromatic carbocycles. The van der Waals surface area contributed by atoms with Crippen molar-refractivity contribution in [3.63, 3.8) is 0 Å². The molecule has 7 nitrogen and oxygen atoms in total. The van der Waals surface area contributed by atoms with Crippen molar-refractivity contribution in [3.8, 4) is 0 Å². The minimum atomic E-state index is -3.84. The summed E-state index contributed by atoms with van der Waals surface area (Å²) in [6.07, 6.45) is 4.00. The van der Waals surface area contributed by atoms with E-state index < -0.39 is 22.0 Å². The largest absolute Gasteiger partial charge is 0.466 e. The van der Waals surface area contributed by atoms with Crippen LogP contribution in [-0.4, -0.2) is 57.3 Å². The molecule has 0 radical (unpaired) electrons. The number of esters is 2. The van der Waals surface area contributed by atoms with Gasteiger partial charge in [-0.25, -0.2) is 18.0 Å². The van der Waals surface area contributed by atoms with Crippen LogP contribution in [0.5, 0.6) is 0 Å². The minimum Gasteiger partial charge on any atom is -0.466 e. The van der Waals surface area contributed by atoms with E-state index in [1.165, 1.54) is 38.5 Å². The number of alkyl halides is 1. The normalized spacial score (nSPS) is 12.4. The van der Waals surface area contributed by atoms with Gasteiger partial charge in [-0.3, -0.25) is 0 Å². The molecule has 0 heterocycles. The second kappa shape index (κ2) is 11.0. The molecule has 0 fully saturated rings. The Morgan fingerprint density at radius 3 is 2.26 bits per heavy atom. The monoisotopic (exact) mass is 459 g/mol. The average molecular weight is 460 g/mol. The molecule has 0 aromatic heterocycles. The highest BCUT2D eigenvalue weighted by molar-refractivity contribution is 9.09. The zero-order chi connectivity index (χ0) is 20.4. The first kappa shape index (κ1) is 23.1. The van der Waals surface area contributed by atoms with Gasteiger partial charge in [-0.05, 0) is 19.1 Å². The zero-order valence-electron chi connectivity index (χ0n) is 15.3. The maximum absolute atomic E-state index is 12.9. The molecular weight excluding hydrogens is 438 g/mol. The van der Waals surface area contributed by atoms with Gasteiger partial charge in [-0.2, -0.15) is 4.31 Å². The van der Waals surface area contributed by atoms with Crippen molar-refractivity contribution in [3.05, 3.63) is 53.6 Å². The maximum Gasteiger partial charge on any atom is 0.334 e. The summed E-state index contributed by atoms with van der Waals surface area (Å²) in [5.74, 6) is -1.14. The number of methoxy groups -OCH3 is 2. The highest BCUT2D eigenvalue weighted by atomic mass is 79.9. The summed E-state index contributed by atoms with van der Waals surface area (Å²) in [7, 11) is -1.36. The number of aryl methyl sites for hydroxylation is 1. The summed E-state index contributed by atoms with van der Waals surface area (Å²) in [4.78, 5) is 23.0. The fourth-order valence-electron chi connectivity index (χ4n) is 2.00. The van der Waals surface area contributed by atoms with Crippen molar-refractivity contribution in [2.45, 2.75) is 11.8 Å². The molecule has 0 aliphatic carbocycles. The van der Waals surface area contributed by atoms with Crippen molar-refractivity contribution >= 4 is 37.9 Å². The molecule has 0 atom stereocenters. The van der Waals surface area contributed by atoms with Gasteiger partial charge in [-0.1, -0.05) is 45.8 Å². The number of halogens is 1. The lowest BCUT2D eigenvalue weighted by Gasteiger charge is -2.20. The molecule has 0 unspecified atom stereocenters. The third-order valence-electron chi connectivity index (χ3n) is 3.56. The predicted molar refractivity (Wildman–Crippen MR) is 105 cm³/mol. The third kappa shape index (κ3) is 6.93. The lowest BCUT2D eigenvalue weighted by molar-refractivity contribution is -0.136. The zero-order valence-corrected chi connectivity index (χ0v) is 17.7. The van der Waals surface area contributed by atoms with Crippen LogP contribution in [0.1, 0.15) is 5.56 Å². The number of sulfonamides is 1. The predicted octanol–water partition coefficient (Wildman–Crippen LogP) is 2.21. The van der Waals surface area contributed by atoms with Gasteiger partial charge in [0.05, 0.1) is 19.1 Å². The van der Waals surface area contributed by atoms with Crippen molar-refractivity contribution in [2.75, 3.05) is 32.6 Å². The molecule has 0 saturated carbocycles. The number of ether oxygens (including phenoxy) is 2. The molecule has 0 N–H and O–H groups in total. The number of hydrogen-bond donors (Lipinski definition) is 0. The summed E-state index contributed by atoms with van der Waals surface area (Å²) >= 11 is 3.18. The molecule has 1 aromatic rings. The van der Waals surface area contributed by atoms with E-state index in [1.807, 2.05) is 6.92 Å². The molecule has 0 spiro atoms. The van der Waals surface area contributed by atoms with Gasteiger partial charge < -0.3 is 9.47 Å². The molecule has 0 aliphatic rings. The van der Waals surface area contributed by atoms with Gasteiger partial charge in [0.25, 0.3) is 0 Å². The van der Waals surface area contributed by atoms with E-state index >= 15 is 0 Å². The first-order chi connectivity index (χ1) is 12.8. The topological polar surface area (TPSA) is 90.0 Å². The average Bonchev–Trinajstić information content (AvgIpc) is 2.66. The fraction of sp³-hybridized carbons (Fsp3) is 0.333. The molecule has 0 bridgehead atoms. The van der Waals surface area contributed by atoms with Crippen LogP contribution in [-0.2, 0) is 29.1 Å². The summed E-state index contributed by atoms with van der Waals surface area (Å²) in [5, 5.41) is 0.218. The van der Waals surface area contributed by atoms with Crippen LogP contribution >= 0.6 is 15.9 Å². The van der Waals surface area contributed by atoms with E-state index in [-0.39, 0.29) is 23.3 Å². The number of nitrogens with zero attached hydrogens (tertiary/aromatic N) is 1. The smallest absolute Gasteiger partial charge is 0.334 e.